The van der Waals surface area contributed by atoms with Crippen molar-refractivity contribution in [2.75, 3.05) is 10.6 Å². The number of nitrogens with zero attached hydrogens (tertiary/aromatic N) is 2. The Morgan fingerprint density at radius 3 is 1.79 bits per heavy atom. The molecular weight excluding hydrogens is 251 g/mol. The third-order valence-electron chi connectivity index (χ3n) is 1.94. The van der Waals surface area contributed by atoms with Crippen LogP contribution in [-0.4, -0.2) is 11.8 Å². The fourth-order valence-corrected chi connectivity index (χ4v) is 1.29. The normalized spacial score (nSPS) is 9.00. The second-order valence-corrected chi connectivity index (χ2v) is 3.49. The summed E-state index contributed by atoms with van der Waals surface area (Å²) in [5.74, 6) is -1.83. The van der Waals surface area contributed by atoms with E-state index in [1.165, 1.54) is 6.07 Å². The number of rotatable bonds is 4. The van der Waals surface area contributed by atoms with Crippen molar-refractivity contribution in [3.05, 3.63) is 24.0 Å². The minimum absolute atomic E-state index is 0.118. The maximum atomic E-state index is 13.3. The predicted molar refractivity (Wildman–Crippen MR) is 64.1 cm³/mol. The van der Waals surface area contributed by atoms with Crippen LogP contribution in [0.15, 0.2) is 18.2 Å². The molecule has 6 nitrogen and oxygen atoms in total. The largest absolute Gasteiger partial charge is 0.325 e. The van der Waals surface area contributed by atoms with E-state index in [-0.39, 0.29) is 24.2 Å². The van der Waals surface area contributed by atoms with Gasteiger partial charge in [0.25, 0.3) is 0 Å². The molecule has 0 aromatic heterocycles. The number of hydrogen-bond acceptors (Lipinski definition) is 4. The highest BCUT2D eigenvalue weighted by atomic mass is 19.1. The lowest BCUT2D eigenvalue weighted by molar-refractivity contribution is -0.116. The summed E-state index contributed by atoms with van der Waals surface area (Å²) in [4.78, 5) is 22.3. The van der Waals surface area contributed by atoms with Crippen LogP contribution in [0.25, 0.3) is 0 Å². The third kappa shape index (κ3) is 4.84. The number of anilines is 2. The summed E-state index contributed by atoms with van der Waals surface area (Å²) < 4.78 is 13.3. The molecule has 0 aliphatic heterocycles. The average Bonchev–Trinajstić information content (AvgIpc) is 2.28. The Hall–Kier alpha value is -2.93. The van der Waals surface area contributed by atoms with E-state index in [9.17, 15) is 14.0 Å². The number of carbonyl (C=O) groups is 2. The summed E-state index contributed by atoms with van der Waals surface area (Å²) in [6, 6.07) is 6.74. The monoisotopic (exact) mass is 260 g/mol. The zero-order valence-electron chi connectivity index (χ0n) is 9.74. The first kappa shape index (κ1) is 14.1. The lowest BCUT2D eigenvalue weighted by atomic mass is 10.2. The molecule has 0 heterocycles. The molecule has 1 rings (SSSR count). The Bertz CT molecular complexity index is 538. The molecule has 0 fully saturated rings. The average molecular weight is 260 g/mol. The zero-order chi connectivity index (χ0) is 14.3. The molecule has 1 aromatic rings. The Labute approximate surface area is 108 Å². The van der Waals surface area contributed by atoms with Crippen LogP contribution in [0, 0.1) is 28.5 Å². The molecule has 0 radical (unpaired) electrons. The molecule has 1 aromatic carbocycles. The van der Waals surface area contributed by atoms with E-state index >= 15 is 0 Å². The second-order valence-electron chi connectivity index (χ2n) is 3.49. The van der Waals surface area contributed by atoms with Gasteiger partial charge >= 0.3 is 0 Å². The Kier molecular flexibility index (Phi) is 5.00. The van der Waals surface area contributed by atoms with Gasteiger partial charge in [0.05, 0.1) is 12.1 Å². The molecule has 0 aliphatic carbocycles. The molecule has 2 N–H and O–H groups in total. The molecule has 0 saturated heterocycles. The summed E-state index contributed by atoms with van der Waals surface area (Å²) >= 11 is 0. The summed E-state index contributed by atoms with van der Waals surface area (Å²) in [6.45, 7) is 0. The van der Waals surface area contributed by atoms with Crippen molar-refractivity contribution in [2.45, 2.75) is 12.8 Å². The lowest BCUT2D eigenvalue weighted by Gasteiger charge is -2.07. The number of benzene rings is 1. The summed E-state index contributed by atoms with van der Waals surface area (Å²) in [5, 5.41) is 21.3. The van der Waals surface area contributed by atoms with Crippen molar-refractivity contribution in [3.63, 3.8) is 0 Å². The highest BCUT2D eigenvalue weighted by Crippen LogP contribution is 2.18. The number of nitriles is 2. The molecule has 0 aliphatic rings. The van der Waals surface area contributed by atoms with Gasteiger partial charge in [-0.15, -0.1) is 0 Å². The third-order valence-corrected chi connectivity index (χ3v) is 1.94. The van der Waals surface area contributed by atoms with Crippen molar-refractivity contribution in [1.29, 1.82) is 10.5 Å². The van der Waals surface area contributed by atoms with Gasteiger partial charge in [0.15, 0.2) is 0 Å². The smallest absolute Gasteiger partial charge is 0.238 e. The SMILES string of the molecule is N#CCC(=O)Nc1cc(F)cc(NC(=O)CC#N)c1. The van der Waals surface area contributed by atoms with Gasteiger partial charge in [-0.3, -0.25) is 9.59 Å². The first-order chi connectivity index (χ1) is 9.05. The second kappa shape index (κ2) is 6.72. The quantitative estimate of drug-likeness (QED) is 0.856. The van der Waals surface area contributed by atoms with E-state index in [2.05, 4.69) is 10.6 Å². The van der Waals surface area contributed by atoms with Gasteiger partial charge in [0.1, 0.15) is 18.7 Å². The van der Waals surface area contributed by atoms with E-state index in [1.54, 1.807) is 12.1 Å². The van der Waals surface area contributed by atoms with Crippen molar-refractivity contribution in [1.82, 2.24) is 0 Å². The van der Waals surface area contributed by atoms with Gasteiger partial charge in [-0.05, 0) is 18.2 Å². The lowest BCUT2D eigenvalue weighted by Crippen LogP contribution is -2.13. The molecule has 0 atom stereocenters. The van der Waals surface area contributed by atoms with Gasteiger partial charge in [0.2, 0.25) is 11.8 Å². The molecule has 7 heteroatoms. The van der Waals surface area contributed by atoms with Gasteiger partial charge in [-0.1, -0.05) is 0 Å². The highest BCUT2D eigenvalue weighted by Gasteiger charge is 2.07. The number of hydrogen-bond donors (Lipinski definition) is 2. The molecule has 2 amide bonds. The maximum Gasteiger partial charge on any atom is 0.238 e. The van der Waals surface area contributed by atoms with Gasteiger partial charge in [-0.25, -0.2) is 4.39 Å². The zero-order valence-corrected chi connectivity index (χ0v) is 9.74. The summed E-state index contributed by atoms with van der Waals surface area (Å²) in [5.41, 5.74) is 0.236. The van der Waals surface area contributed by atoms with E-state index in [0.29, 0.717) is 0 Å². The number of carbonyl (C=O) groups excluding carboxylic acids is 2. The van der Waals surface area contributed by atoms with Crippen molar-refractivity contribution in [3.8, 4) is 12.1 Å². The van der Waals surface area contributed by atoms with Crippen molar-refractivity contribution < 1.29 is 14.0 Å². The van der Waals surface area contributed by atoms with Crippen LogP contribution in [0.4, 0.5) is 15.8 Å². The molecular formula is C12H9FN4O2. The standard InChI is InChI=1S/C12H9FN4O2/c13-8-5-9(16-11(18)1-3-14)7-10(6-8)17-12(19)2-4-15/h5-7H,1-2H2,(H,16,18)(H,17,19). The molecule has 0 unspecified atom stereocenters. The van der Waals surface area contributed by atoms with Gasteiger partial charge < -0.3 is 10.6 Å². The minimum atomic E-state index is -0.665. The fraction of sp³-hybridized carbons (Fsp3) is 0.167. The predicted octanol–water partition coefficient (Wildman–Crippen LogP) is 1.53. The van der Waals surface area contributed by atoms with Crippen LogP contribution in [0.2, 0.25) is 0 Å². The van der Waals surface area contributed by atoms with Crippen LogP contribution < -0.4 is 10.6 Å². The molecule has 96 valence electrons. The molecule has 19 heavy (non-hydrogen) atoms. The van der Waals surface area contributed by atoms with E-state index in [4.69, 9.17) is 10.5 Å². The van der Waals surface area contributed by atoms with Crippen LogP contribution in [0.3, 0.4) is 0 Å². The minimum Gasteiger partial charge on any atom is -0.325 e. The van der Waals surface area contributed by atoms with Crippen LogP contribution >= 0.6 is 0 Å². The summed E-state index contributed by atoms with van der Waals surface area (Å²) in [7, 11) is 0. The fourth-order valence-electron chi connectivity index (χ4n) is 1.29. The molecule has 0 spiro atoms. The number of amides is 2. The first-order valence-electron chi connectivity index (χ1n) is 5.19. The summed E-state index contributed by atoms with van der Waals surface area (Å²) in [6.07, 6.45) is -0.709. The molecule has 0 bridgehead atoms. The van der Waals surface area contributed by atoms with Gasteiger partial charge in [0, 0.05) is 11.4 Å². The van der Waals surface area contributed by atoms with Crippen molar-refractivity contribution >= 4 is 23.2 Å². The van der Waals surface area contributed by atoms with Crippen LogP contribution in [-0.2, 0) is 9.59 Å². The van der Waals surface area contributed by atoms with E-state index < -0.39 is 17.6 Å². The van der Waals surface area contributed by atoms with Gasteiger partial charge in [-0.2, -0.15) is 10.5 Å². The number of halogens is 1. The van der Waals surface area contributed by atoms with Crippen LogP contribution in [0.5, 0.6) is 0 Å². The van der Waals surface area contributed by atoms with E-state index in [0.717, 1.165) is 12.1 Å². The molecule has 0 saturated carbocycles. The highest BCUT2D eigenvalue weighted by molar-refractivity contribution is 5.95. The number of nitrogens with one attached hydrogen (secondary N) is 2. The Balaban J connectivity index is 2.83. The van der Waals surface area contributed by atoms with Crippen LogP contribution in [0.1, 0.15) is 12.8 Å². The first-order valence-corrected chi connectivity index (χ1v) is 5.19. The maximum absolute atomic E-state index is 13.3. The van der Waals surface area contributed by atoms with Crippen molar-refractivity contribution in [2.24, 2.45) is 0 Å². The van der Waals surface area contributed by atoms with E-state index in [1.807, 2.05) is 0 Å². The topological polar surface area (TPSA) is 106 Å². The Morgan fingerprint density at radius 1 is 1.00 bits per heavy atom. The Morgan fingerprint density at radius 2 is 1.42 bits per heavy atom.